The van der Waals surface area contributed by atoms with Gasteiger partial charge in [-0.3, -0.25) is 9.89 Å². The van der Waals surface area contributed by atoms with Crippen molar-refractivity contribution in [2.24, 2.45) is 10.9 Å². The number of hydrogen-bond acceptors (Lipinski definition) is 5. The maximum atomic E-state index is 5.73. The minimum atomic E-state index is 0. The van der Waals surface area contributed by atoms with E-state index in [1.807, 2.05) is 7.05 Å². The molecule has 26 heavy (non-hydrogen) atoms. The Bertz CT molecular complexity index is 398. The first-order valence-electron chi connectivity index (χ1n) is 9.54. The second-order valence-corrected chi connectivity index (χ2v) is 7.42. The summed E-state index contributed by atoms with van der Waals surface area (Å²) in [5.41, 5.74) is 0.0772. The van der Waals surface area contributed by atoms with Crippen LogP contribution in [0.3, 0.4) is 0 Å². The predicted octanol–water partition coefficient (Wildman–Crippen LogP) is 1.32. The molecule has 2 heterocycles. The van der Waals surface area contributed by atoms with Crippen LogP contribution in [0.25, 0.3) is 0 Å². The highest BCUT2D eigenvalue weighted by Gasteiger charge is 2.28. The van der Waals surface area contributed by atoms with E-state index < -0.39 is 0 Å². The summed E-state index contributed by atoms with van der Waals surface area (Å²) in [5, 5.41) is 6.81. The first kappa shape index (κ1) is 23.9. The molecule has 0 aliphatic carbocycles. The van der Waals surface area contributed by atoms with Gasteiger partial charge in [0.05, 0.1) is 26.4 Å². The van der Waals surface area contributed by atoms with Crippen LogP contribution in [0.2, 0.25) is 0 Å². The molecule has 2 rings (SSSR count). The van der Waals surface area contributed by atoms with Gasteiger partial charge in [-0.05, 0) is 26.7 Å². The molecule has 0 aromatic rings. The van der Waals surface area contributed by atoms with Crippen LogP contribution < -0.4 is 10.6 Å². The summed E-state index contributed by atoms with van der Waals surface area (Å²) < 4.78 is 16.5. The normalized spacial score (nSPS) is 22.1. The maximum absolute atomic E-state index is 5.73. The fraction of sp³-hybridized carbons (Fsp3) is 0.944. The van der Waals surface area contributed by atoms with Crippen molar-refractivity contribution >= 4 is 29.9 Å². The van der Waals surface area contributed by atoms with Crippen LogP contribution in [-0.2, 0) is 14.2 Å². The molecule has 0 spiro atoms. The minimum Gasteiger partial charge on any atom is -0.381 e. The van der Waals surface area contributed by atoms with E-state index in [1.54, 1.807) is 0 Å². The number of ether oxygens (including phenoxy) is 3. The van der Waals surface area contributed by atoms with Gasteiger partial charge in [0, 0.05) is 57.9 Å². The van der Waals surface area contributed by atoms with E-state index in [1.165, 1.54) is 0 Å². The highest BCUT2D eigenvalue weighted by atomic mass is 127. The molecule has 2 saturated heterocycles. The number of guanidine groups is 1. The summed E-state index contributed by atoms with van der Waals surface area (Å²) in [6.07, 6.45) is 2.11. The Morgan fingerprint density at radius 2 is 1.96 bits per heavy atom. The smallest absolute Gasteiger partial charge is 0.191 e. The van der Waals surface area contributed by atoms with E-state index in [0.717, 1.165) is 84.6 Å². The SMILES string of the molecule is CN=C(NCCCOCC1CCOC1)NCC(C)(C)N1CCOCC1.I. The summed E-state index contributed by atoms with van der Waals surface area (Å²) in [6.45, 7) is 13.2. The monoisotopic (exact) mass is 484 g/mol. The Kier molecular flexibility index (Phi) is 12.0. The van der Waals surface area contributed by atoms with Crippen molar-refractivity contribution in [3.05, 3.63) is 0 Å². The lowest BCUT2D eigenvalue weighted by atomic mass is 10.0. The third kappa shape index (κ3) is 8.69. The van der Waals surface area contributed by atoms with Crippen molar-refractivity contribution in [3.8, 4) is 0 Å². The van der Waals surface area contributed by atoms with Crippen molar-refractivity contribution < 1.29 is 14.2 Å². The van der Waals surface area contributed by atoms with Gasteiger partial charge in [-0.25, -0.2) is 0 Å². The Morgan fingerprint density at radius 3 is 2.62 bits per heavy atom. The Hall–Kier alpha value is -0.160. The first-order chi connectivity index (χ1) is 12.1. The molecule has 0 saturated carbocycles. The van der Waals surface area contributed by atoms with Crippen molar-refractivity contribution in [1.29, 1.82) is 0 Å². The summed E-state index contributed by atoms with van der Waals surface area (Å²) >= 11 is 0. The Balaban J connectivity index is 0.00000338. The molecule has 0 aromatic heterocycles. The molecule has 1 atom stereocenters. The zero-order valence-electron chi connectivity index (χ0n) is 16.6. The van der Waals surface area contributed by atoms with Gasteiger partial charge in [0.25, 0.3) is 0 Å². The molecule has 2 aliphatic heterocycles. The topological polar surface area (TPSA) is 67.4 Å². The largest absolute Gasteiger partial charge is 0.381 e. The molecule has 0 bridgehead atoms. The van der Waals surface area contributed by atoms with E-state index in [0.29, 0.717) is 5.92 Å². The van der Waals surface area contributed by atoms with Crippen molar-refractivity contribution in [3.63, 3.8) is 0 Å². The molecular weight excluding hydrogens is 447 g/mol. The zero-order valence-corrected chi connectivity index (χ0v) is 18.9. The van der Waals surface area contributed by atoms with Gasteiger partial charge in [0.2, 0.25) is 0 Å². The number of halogens is 1. The second-order valence-electron chi connectivity index (χ2n) is 7.42. The van der Waals surface area contributed by atoms with Crippen molar-refractivity contribution in [2.45, 2.75) is 32.2 Å². The van der Waals surface area contributed by atoms with Crippen LogP contribution in [0.5, 0.6) is 0 Å². The lowest BCUT2D eigenvalue weighted by Gasteiger charge is -2.41. The third-order valence-electron chi connectivity index (χ3n) is 4.91. The lowest BCUT2D eigenvalue weighted by Crippen LogP contribution is -2.56. The van der Waals surface area contributed by atoms with E-state index in [-0.39, 0.29) is 29.5 Å². The molecule has 0 radical (unpaired) electrons. The highest BCUT2D eigenvalue weighted by molar-refractivity contribution is 14.0. The summed E-state index contributed by atoms with van der Waals surface area (Å²) in [5.74, 6) is 1.44. The van der Waals surface area contributed by atoms with Gasteiger partial charge in [-0.2, -0.15) is 0 Å². The third-order valence-corrected chi connectivity index (χ3v) is 4.91. The van der Waals surface area contributed by atoms with Crippen LogP contribution in [0, 0.1) is 5.92 Å². The fourth-order valence-corrected chi connectivity index (χ4v) is 3.15. The molecule has 1 unspecified atom stereocenters. The van der Waals surface area contributed by atoms with Crippen molar-refractivity contribution in [2.75, 3.05) is 72.9 Å². The average Bonchev–Trinajstić information content (AvgIpc) is 3.14. The maximum Gasteiger partial charge on any atom is 0.191 e. The number of nitrogens with one attached hydrogen (secondary N) is 2. The van der Waals surface area contributed by atoms with E-state index in [2.05, 4.69) is 34.4 Å². The number of hydrogen-bond donors (Lipinski definition) is 2. The molecule has 0 amide bonds. The lowest BCUT2D eigenvalue weighted by molar-refractivity contribution is -0.00834. The molecule has 154 valence electrons. The number of morpholine rings is 1. The molecule has 2 aliphatic rings. The number of nitrogens with zero attached hydrogens (tertiary/aromatic N) is 2. The first-order valence-corrected chi connectivity index (χ1v) is 9.54. The van der Waals surface area contributed by atoms with Gasteiger partial charge >= 0.3 is 0 Å². The van der Waals surface area contributed by atoms with Crippen LogP contribution >= 0.6 is 24.0 Å². The Morgan fingerprint density at radius 1 is 1.19 bits per heavy atom. The molecular formula is C18H37IN4O3. The van der Waals surface area contributed by atoms with E-state index >= 15 is 0 Å². The van der Waals surface area contributed by atoms with Gasteiger partial charge in [0.15, 0.2) is 5.96 Å². The van der Waals surface area contributed by atoms with Gasteiger partial charge < -0.3 is 24.8 Å². The van der Waals surface area contributed by atoms with Crippen LogP contribution in [-0.4, -0.2) is 89.3 Å². The van der Waals surface area contributed by atoms with Gasteiger partial charge in [-0.15, -0.1) is 24.0 Å². The van der Waals surface area contributed by atoms with Gasteiger partial charge in [-0.1, -0.05) is 0 Å². The van der Waals surface area contributed by atoms with Crippen molar-refractivity contribution in [1.82, 2.24) is 15.5 Å². The van der Waals surface area contributed by atoms with E-state index in [9.17, 15) is 0 Å². The minimum absolute atomic E-state index is 0. The second kappa shape index (κ2) is 13.1. The van der Waals surface area contributed by atoms with Crippen LogP contribution in [0.4, 0.5) is 0 Å². The Labute approximate surface area is 175 Å². The number of aliphatic imine (C=N–C) groups is 1. The zero-order chi connectivity index (χ0) is 18.0. The van der Waals surface area contributed by atoms with E-state index in [4.69, 9.17) is 14.2 Å². The highest BCUT2D eigenvalue weighted by Crippen LogP contribution is 2.15. The standard InChI is InChI=1S/C18H36N4O3.HI/c1-18(2,22-7-11-23-12-8-22)15-21-17(19-3)20-6-4-9-24-13-16-5-10-25-14-16;/h16H,4-15H2,1-3H3,(H2,19,20,21);1H. The molecule has 0 aromatic carbocycles. The molecule has 7 nitrogen and oxygen atoms in total. The van der Waals surface area contributed by atoms with Crippen LogP contribution in [0.1, 0.15) is 26.7 Å². The molecule has 2 N–H and O–H groups in total. The predicted molar refractivity (Wildman–Crippen MR) is 116 cm³/mol. The summed E-state index contributed by atoms with van der Waals surface area (Å²) in [4.78, 5) is 6.78. The number of rotatable bonds is 9. The summed E-state index contributed by atoms with van der Waals surface area (Å²) in [7, 11) is 1.81. The quantitative estimate of drug-likeness (QED) is 0.223. The summed E-state index contributed by atoms with van der Waals surface area (Å²) in [6, 6.07) is 0. The molecule has 8 heteroatoms. The fourth-order valence-electron chi connectivity index (χ4n) is 3.15. The average molecular weight is 484 g/mol. The van der Waals surface area contributed by atoms with Gasteiger partial charge in [0.1, 0.15) is 0 Å². The van der Waals surface area contributed by atoms with Crippen LogP contribution in [0.15, 0.2) is 4.99 Å². The molecule has 2 fully saturated rings.